The van der Waals surface area contributed by atoms with Crippen molar-refractivity contribution in [2.24, 2.45) is 0 Å². The van der Waals surface area contributed by atoms with Crippen molar-refractivity contribution in [3.8, 4) is 11.5 Å². The molecule has 30 heavy (non-hydrogen) atoms. The van der Waals surface area contributed by atoms with Gasteiger partial charge in [-0.1, -0.05) is 35.4 Å². The van der Waals surface area contributed by atoms with Gasteiger partial charge in [0.1, 0.15) is 10.6 Å². The van der Waals surface area contributed by atoms with Gasteiger partial charge in [0, 0.05) is 13.1 Å². The maximum atomic E-state index is 13.2. The summed E-state index contributed by atoms with van der Waals surface area (Å²) in [6.07, 6.45) is 0. The van der Waals surface area contributed by atoms with Crippen LogP contribution in [0.2, 0.25) is 5.02 Å². The highest BCUT2D eigenvalue weighted by molar-refractivity contribution is 7.93. The van der Waals surface area contributed by atoms with Crippen molar-refractivity contribution in [2.45, 2.75) is 18.7 Å². The summed E-state index contributed by atoms with van der Waals surface area (Å²) < 4.78 is 33.5. The van der Waals surface area contributed by atoms with Crippen LogP contribution in [-0.4, -0.2) is 21.4 Å². The minimum Gasteiger partial charge on any atom is -0.454 e. The van der Waals surface area contributed by atoms with E-state index >= 15 is 0 Å². The Balaban J connectivity index is 1.79. The number of ether oxygens (including phenoxy) is 1. The number of carbonyl (C=O) groups is 1. The molecule has 0 aromatic heterocycles. The number of nitrogens with one attached hydrogen (secondary N) is 1. The molecule has 1 aliphatic rings. The van der Waals surface area contributed by atoms with Crippen molar-refractivity contribution in [3.63, 3.8) is 0 Å². The normalized spacial score (nSPS) is 12.9. The van der Waals surface area contributed by atoms with E-state index in [1.165, 1.54) is 19.2 Å². The summed E-state index contributed by atoms with van der Waals surface area (Å²) in [7, 11) is -2.57. The lowest BCUT2D eigenvalue weighted by molar-refractivity contribution is 0.102. The molecule has 0 saturated carbocycles. The number of aryl methyl sites for hydroxylation is 2. The molecule has 0 atom stereocenters. The van der Waals surface area contributed by atoms with Crippen LogP contribution in [0.5, 0.6) is 11.5 Å². The molecule has 0 saturated heterocycles. The zero-order valence-electron chi connectivity index (χ0n) is 16.6. The molecule has 4 rings (SSSR count). The van der Waals surface area contributed by atoms with Gasteiger partial charge in [-0.2, -0.15) is 0 Å². The van der Waals surface area contributed by atoms with Gasteiger partial charge in [0.2, 0.25) is 0 Å². The third-order valence-corrected chi connectivity index (χ3v) is 7.17. The SMILES string of the molecule is Cc1ccc(N(C)S(=O)(=O)c2cc3c(cc2Cl)Oc2ccc(C)cc2NC3=O)cc1. The minimum atomic E-state index is -4.01. The fourth-order valence-corrected chi connectivity index (χ4v) is 4.89. The van der Waals surface area contributed by atoms with Gasteiger partial charge in [-0.3, -0.25) is 9.10 Å². The van der Waals surface area contributed by atoms with E-state index in [1.54, 1.807) is 24.3 Å². The summed E-state index contributed by atoms with van der Waals surface area (Å²) in [6, 6.07) is 15.0. The summed E-state index contributed by atoms with van der Waals surface area (Å²) in [5, 5.41) is 2.74. The van der Waals surface area contributed by atoms with Crippen LogP contribution < -0.4 is 14.4 Å². The Bertz CT molecular complexity index is 1270. The van der Waals surface area contributed by atoms with Gasteiger partial charge in [0.15, 0.2) is 5.75 Å². The van der Waals surface area contributed by atoms with Crippen LogP contribution in [0.3, 0.4) is 0 Å². The number of carbonyl (C=O) groups excluding carboxylic acids is 1. The van der Waals surface area contributed by atoms with Crippen molar-refractivity contribution >= 4 is 38.9 Å². The number of fused-ring (bicyclic) bond motifs is 2. The molecule has 3 aromatic rings. The molecule has 0 unspecified atom stereocenters. The molecule has 8 heteroatoms. The first-order valence-corrected chi connectivity index (χ1v) is 11.0. The van der Waals surface area contributed by atoms with Crippen LogP contribution in [0, 0.1) is 13.8 Å². The van der Waals surface area contributed by atoms with Gasteiger partial charge in [0.25, 0.3) is 15.9 Å². The van der Waals surface area contributed by atoms with E-state index in [2.05, 4.69) is 5.32 Å². The molecule has 0 fully saturated rings. The number of rotatable bonds is 3. The number of nitrogens with zero attached hydrogens (tertiary/aromatic N) is 1. The highest BCUT2D eigenvalue weighted by Crippen LogP contribution is 2.40. The van der Waals surface area contributed by atoms with Gasteiger partial charge in [-0.15, -0.1) is 0 Å². The van der Waals surface area contributed by atoms with Gasteiger partial charge < -0.3 is 10.1 Å². The summed E-state index contributed by atoms with van der Waals surface area (Å²) in [5.41, 5.74) is 3.04. The van der Waals surface area contributed by atoms with E-state index < -0.39 is 15.9 Å². The first kappa shape index (κ1) is 20.3. The number of amides is 1. The Hall–Kier alpha value is -3.03. The topological polar surface area (TPSA) is 75.7 Å². The van der Waals surface area contributed by atoms with E-state index in [-0.39, 0.29) is 21.2 Å². The number of benzene rings is 3. The molecule has 1 aliphatic heterocycles. The highest BCUT2D eigenvalue weighted by Gasteiger charge is 2.29. The molecule has 0 bridgehead atoms. The molecule has 0 spiro atoms. The molecule has 0 aliphatic carbocycles. The maximum Gasteiger partial charge on any atom is 0.265 e. The maximum absolute atomic E-state index is 13.2. The second-order valence-corrected chi connectivity index (χ2v) is 9.49. The average molecular weight is 443 g/mol. The van der Waals surface area contributed by atoms with Crippen LogP contribution in [0.4, 0.5) is 11.4 Å². The fraction of sp³-hybridized carbons (Fsp3) is 0.136. The first-order valence-electron chi connectivity index (χ1n) is 9.16. The number of anilines is 2. The number of halogens is 1. The fourth-order valence-electron chi connectivity index (χ4n) is 3.17. The van der Waals surface area contributed by atoms with Gasteiger partial charge in [0.05, 0.1) is 22.0 Å². The Kier molecular flexibility index (Phi) is 4.95. The van der Waals surface area contributed by atoms with Gasteiger partial charge in [-0.05, 0) is 49.7 Å². The molecule has 154 valence electrons. The Morgan fingerprint density at radius 3 is 2.30 bits per heavy atom. The van der Waals surface area contributed by atoms with Crippen molar-refractivity contribution in [2.75, 3.05) is 16.7 Å². The second-order valence-electron chi connectivity index (χ2n) is 7.14. The molecule has 1 heterocycles. The van der Waals surface area contributed by atoms with Crippen molar-refractivity contribution in [1.29, 1.82) is 0 Å². The van der Waals surface area contributed by atoms with Crippen molar-refractivity contribution in [1.82, 2.24) is 0 Å². The molecular weight excluding hydrogens is 424 g/mol. The Morgan fingerprint density at radius 2 is 1.60 bits per heavy atom. The zero-order chi connectivity index (χ0) is 21.6. The zero-order valence-corrected chi connectivity index (χ0v) is 18.1. The van der Waals surface area contributed by atoms with Crippen LogP contribution in [0.1, 0.15) is 21.5 Å². The Morgan fingerprint density at radius 1 is 0.933 bits per heavy atom. The second kappa shape index (κ2) is 7.34. The number of hydrogen-bond donors (Lipinski definition) is 1. The van der Waals surface area contributed by atoms with Crippen LogP contribution in [0.15, 0.2) is 59.5 Å². The monoisotopic (exact) mass is 442 g/mol. The third-order valence-electron chi connectivity index (χ3n) is 4.92. The van der Waals surface area contributed by atoms with E-state index in [0.717, 1.165) is 15.4 Å². The van der Waals surface area contributed by atoms with E-state index in [9.17, 15) is 13.2 Å². The van der Waals surface area contributed by atoms with E-state index in [1.807, 2.05) is 32.0 Å². The molecule has 0 radical (unpaired) electrons. The van der Waals surface area contributed by atoms with Gasteiger partial charge in [-0.25, -0.2) is 8.42 Å². The highest BCUT2D eigenvalue weighted by atomic mass is 35.5. The Labute approximate surface area is 180 Å². The summed E-state index contributed by atoms with van der Waals surface area (Å²) in [6.45, 7) is 3.81. The molecule has 1 amide bonds. The quantitative estimate of drug-likeness (QED) is 0.609. The van der Waals surface area contributed by atoms with E-state index in [4.69, 9.17) is 16.3 Å². The molecule has 3 aromatic carbocycles. The lowest BCUT2D eigenvalue weighted by atomic mass is 10.2. The summed E-state index contributed by atoms with van der Waals surface area (Å²) >= 11 is 6.34. The van der Waals surface area contributed by atoms with Crippen LogP contribution in [-0.2, 0) is 10.0 Å². The van der Waals surface area contributed by atoms with Gasteiger partial charge >= 0.3 is 0 Å². The minimum absolute atomic E-state index is 0.0314. The predicted octanol–water partition coefficient (Wildman–Crippen LogP) is 5.14. The number of hydrogen-bond acceptors (Lipinski definition) is 4. The lowest BCUT2D eigenvalue weighted by Crippen LogP contribution is -2.27. The molecule has 6 nitrogen and oxygen atoms in total. The largest absolute Gasteiger partial charge is 0.454 e. The molecular formula is C22H19ClN2O4S. The standard InChI is InChI=1S/C22H19ClN2O4S/c1-13-4-7-15(8-5-13)25(3)30(27,28)21-11-16-20(12-17(21)23)29-19-9-6-14(2)10-18(19)24-22(16)26/h4-12H,1-3H3,(H,24,26). The lowest BCUT2D eigenvalue weighted by Gasteiger charge is -2.21. The summed E-state index contributed by atoms with van der Waals surface area (Å²) in [4.78, 5) is 12.6. The third kappa shape index (κ3) is 3.51. The predicted molar refractivity (Wildman–Crippen MR) is 117 cm³/mol. The van der Waals surface area contributed by atoms with Crippen molar-refractivity contribution in [3.05, 3.63) is 76.3 Å². The smallest absolute Gasteiger partial charge is 0.265 e. The number of sulfonamides is 1. The van der Waals surface area contributed by atoms with E-state index in [0.29, 0.717) is 17.1 Å². The molecule has 1 N–H and O–H groups in total. The first-order chi connectivity index (χ1) is 14.2. The van der Waals surface area contributed by atoms with Crippen LogP contribution >= 0.6 is 11.6 Å². The van der Waals surface area contributed by atoms with Crippen molar-refractivity contribution < 1.29 is 17.9 Å². The average Bonchev–Trinajstić information content (AvgIpc) is 2.82. The van der Waals surface area contributed by atoms with Crippen LogP contribution in [0.25, 0.3) is 0 Å². The summed E-state index contributed by atoms with van der Waals surface area (Å²) in [5.74, 6) is 0.175.